The number of carbonyl (C=O) groups is 3. The number of carbonyl (C=O) groups excluding carboxylic acids is 3. The Labute approximate surface area is 273 Å². The molecule has 3 heterocycles. The molecule has 7 rings (SSSR count). The van der Waals surface area contributed by atoms with Crippen LogP contribution in [-0.2, 0) is 33.0 Å². The first kappa shape index (κ1) is 32.0. The van der Waals surface area contributed by atoms with Crippen LogP contribution in [0, 0.1) is 5.82 Å². The highest BCUT2D eigenvalue weighted by molar-refractivity contribution is 6.12. The van der Waals surface area contributed by atoms with Gasteiger partial charge >= 0.3 is 12.2 Å². The van der Waals surface area contributed by atoms with Gasteiger partial charge in [-0.1, -0.05) is 30.8 Å². The molecule has 1 spiro atoms. The second-order valence-electron chi connectivity index (χ2n) is 12.8. The number of alkyl halides is 3. The molecule has 1 aromatic heterocycles. The van der Waals surface area contributed by atoms with Crippen molar-refractivity contribution < 1.29 is 36.7 Å². The summed E-state index contributed by atoms with van der Waals surface area (Å²) in [6.45, 7) is 7.56. The summed E-state index contributed by atoms with van der Waals surface area (Å²) in [6.07, 6.45) is -1.61. The Balaban J connectivity index is 1.09. The molecule has 4 amide bonds. The third kappa shape index (κ3) is 5.56. The topological polar surface area (TPSA) is 100 Å². The summed E-state index contributed by atoms with van der Waals surface area (Å²) < 4.78 is 63.4. The number of imide groups is 1. The average Bonchev–Trinajstić information content (AvgIpc) is 3.59. The highest BCUT2D eigenvalue weighted by Gasteiger charge is 2.68. The number of nitrogens with one attached hydrogen (secondary N) is 1. The number of benzene rings is 2. The number of hydrogen-bond acceptors (Lipinski definition) is 6. The van der Waals surface area contributed by atoms with Gasteiger partial charge in [0, 0.05) is 44.4 Å². The second-order valence-corrected chi connectivity index (χ2v) is 12.8. The van der Waals surface area contributed by atoms with E-state index in [0.29, 0.717) is 33.0 Å². The molecule has 4 aliphatic rings. The van der Waals surface area contributed by atoms with Gasteiger partial charge in [-0.05, 0) is 58.9 Å². The highest BCUT2D eigenvalue weighted by Crippen LogP contribution is 2.54. The van der Waals surface area contributed by atoms with Gasteiger partial charge < -0.3 is 15.0 Å². The first-order chi connectivity index (χ1) is 22.9. The molecule has 2 aliphatic carbocycles. The summed E-state index contributed by atoms with van der Waals surface area (Å²) in [6, 6.07) is 9.36. The van der Waals surface area contributed by atoms with Gasteiger partial charge in [-0.25, -0.2) is 9.18 Å². The third-order valence-corrected chi connectivity index (χ3v) is 9.85. The van der Waals surface area contributed by atoms with Crippen LogP contribution in [0.15, 0.2) is 61.4 Å². The molecule has 0 bridgehead atoms. The van der Waals surface area contributed by atoms with Gasteiger partial charge in [0.1, 0.15) is 17.9 Å². The van der Waals surface area contributed by atoms with Crippen LogP contribution < -0.4 is 5.32 Å². The number of urea groups is 1. The highest BCUT2D eigenvalue weighted by atomic mass is 19.4. The van der Waals surface area contributed by atoms with E-state index in [-0.39, 0.29) is 24.8 Å². The summed E-state index contributed by atoms with van der Waals surface area (Å²) in [5.41, 5.74) is -0.198. The molecular formula is C34H34F4N6O4. The number of morpholine rings is 1. The van der Waals surface area contributed by atoms with Crippen molar-refractivity contribution in [3.8, 4) is 11.1 Å². The summed E-state index contributed by atoms with van der Waals surface area (Å²) in [7, 11) is 0. The van der Waals surface area contributed by atoms with E-state index in [0.717, 1.165) is 56.1 Å². The number of fused-ring (bicyclic) bond motifs is 2. The van der Waals surface area contributed by atoms with Gasteiger partial charge in [-0.3, -0.25) is 24.1 Å². The summed E-state index contributed by atoms with van der Waals surface area (Å²) >= 11 is 0. The molecule has 14 heteroatoms. The normalized spacial score (nSPS) is 21.9. The summed E-state index contributed by atoms with van der Waals surface area (Å²) in [5, 5.41) is 7.22. The van der Waals surface area contributed by atoms with E-state index >= 15 is 0 Å². The van der Waals surface area contributed by atoms with Crippen molar-refractivity contribution >= 4 is 23.4 Å². The summed E-state index contributed by atoms with van der Waals surface area (Å²) in [4.78, 5) is 44.5. The first-order valence-corrected chi connectivity index (χ1v) is 15.8. The van der Waals surface area contributed by atoms with Crippen LogP contribution in [0.1, 0.15) is 36.0 Å². The fourth-order valence-corrected chi connectivity index (χ4v) is 6.97. The fraction of sp³-hybridized carbons (Fsp3) is 0.412. The zero-order valence-corrected chi connectivity index (χ0v) is 26.1. The van der Waals surface area contributed by atoms with Crippen LogP contribution in [0.4, 0.5) is 22.4 Å². The smallest absolute Gasteiger partial charge is 0.379 e. The van der Waals surface area contributed by atoms with Gasteiger partial charge in [-0.15, -0.1) is 0 Å². The number of ether oxygens (including phenoxy) is 1. The molecular weight excluding hydrogens is 632 g/mol. The molecule has 252 valence electrons. The standard InChI is InChI=1S/C34H34F4N6O4/c1-22-17-33(28-7-4-24(16-27(22)28)25-18-39-42(20-25)11-10-41-12-14-48-15-13-41)30(46)43(31(47)40-33)21-29(45)44(32(8-9-32)34(36,37)38)19-23-2-5-26(35)6-3-23/h2-7,16,18,20H,1,8-15,17,19,21H2,(H,40,47)/t33-/m0/s1. The SMILES string of the molecule is C=C1C[C@]2(NC(=O)N(CC(=O)N(Cc3ccc(F)cc3)C3(C(F)(F)F)CC3)C2=O)c2ccc(-c3cnn(CCN4CCOCC4)c3)cc21. The van der Waals surface area contributed by atoms with Gasteiger partial charge in [0.15, 0.2) is 5.54 Å². The average molecular weight is 667 g/mol. The predicted octanol–water partition coefficient (Wildman–Crippen LogP) is 4.31. The minimum absolute atomic E-state index is 0.0473. The van der Waals surface area contributed by atoms with Gasteiger partial charge in [0.2, 0.25) is 5.91 Å². The minimum Gasteiger partial charge on any atom is -0.379 e. The van der Waals surface area contributed by atoms with Crippen molar-refractivity contribution in [3.05, 3.63) is 83.9 Å². The number of nitrogens with zero attached hydrogens (tertiary/aromatic N) is 5. The minimum atomic E-state index is -4.74. The van der Waals surface area contributed by atoms with Crippen molar-refractivity contribution in [1.29, 1.82) is 0 Å². The van der Waals surface area contributed by atoms with E-state index in [1.165, 1.54) is 12.1 Å². The van der Waals surface area contributed by atoms with E-state index in [1.807, 2.05) is 23.0 Å². The Hall–Kier alpha value is -4.56. The van der Waals surface area contributed by atoms with E-state index in [4.69, 9.17) is 4.74 Å². The van der Waals surface area contributed by atoms with Gasteiger partial charge in [-0.2, -0.15) is 18.3 Å². The second kappa shape index (κ2) is 11.8. The molecule has 48 heavy (non-hydrogen) atoms. The monoisotopic (exact) mass is 666 g/mol. The maximum Gasteiger partial charge on any atom is 0.411 e. The van der Waals surface area contributed by atoms with E-state index in [1.54, 1.807) is 12.3 Å². The molecule has 2 aromatic carbocycles. The van der Waals surface area contributed by atoms with Crippen molar-refractivity contribution in [2.75, 3.05) is 39.4 Å². The lowest BCUT2D eigenvalue weighted by Crippen LogP contribution is -2.54. The van der Waals surface area contributed by atoms with E-state index in [9.17, 15) is 31.9 Å². The molecule has 0 radical (unpaired) electrons. The van der Waals surface area contributed by atoms with Crippen LogP contribution in [0.3, 0.4) is 0 Å². The number of aromatic nitrogens is 2. The molecule has 0 unspecified atom stereocenters. The van der Waals surface area contributed by atoms with Crippen LogP contribution >= 0.6 is 0 Å². The fourth-order valence-electron chi connectivity index (χ4n) is 6.97. The quantitative estimate of drug-likeness (QED) is 0.270. The zero-order valence-electron chi connectivity index (χ0n) is 26.1. The Morgan fingerprint density at radius 2 is 1.77 bits per heavy atom. The first-order valence-electron chi connectivity index (χ1n) is 15.8. The third-order valence-electron chi connectivity index (χ3n) is 9.85. The lowest BCUT2D eigenvalue weighted by atomic mass is 9.90. The number of halogens is 4. The van der Waals surface area contributed by atoms with Gasteiger partial charge in [0.05, 0.1) is 26.0 Å². The molecule has 1 N–H and O–H groups in total. The summed E-state index contributed by atoms with van der Waals surface area (Å²) in [5.74, 6) is -2.34. The van der Waals surface area contributed by atoms with Crippen LogP contribution in [0.25, 0.3) is 16.7 Å². The van der Waals surface area contributed by atoms with E-state index < -0.39 is 54.0 Å². The molecule has 1 atom stereocenters. The molecule has 1 saturated carbocycles. The van der Waals surface area contributed by atoms with Crippen molar-refractivity contribution in [3.63, 3.8) is 0 Å². The molecule has 10 nitrogen and oxygen atoms in total. The lowest BCUT2D eigenvalue weighted by Gasteiger charge is -2.34. The van der Waals surface area contributed by atoms with Crippen LogP contribution in [0.5, 0.6) is 0 Å². The van der Waals surface area contributed by atoms with Crippen LogP contribution in [-0.4, -0.2) is 93.4 Å². The largest absolute Gasteiger partial charge is 0.411 e. The van der Waals surface area contributed by atoms with Crippen molar-refractivity contribution in [2.45, 2.75) is 49.6 Å². The Morgan fingerprint density at radius 1 is 1.04 bits per heavy atom. The maximum atomic E-state index is 14.2. The predicted molar refractivity (Wildman–Crippen MR) is 165 cm³/mol. The number of amides is 4. The van der Waals surface area contributed by atoms with E-state index in [2.05, 4.69) is 21.9 Å². The Bertz CT molecular complexity index is 1780. The lowest BCUT2D eigenvalue weighted by molar-refractivity contribution is -0.202. The van der Waals surface area contributed by atoms with Crippen molar-refractivity contribution in [2.24, 2.45) is 0 Å². The van der Waals surface area contributed by atoms with Gasteiger partial charge in [0.25, 0.3) is 5.91 Å². The maximum absolute atomic E-state index is 14.2. The van der Waals surface area contributed by atoms with Crippen molar-refractivity contribution in [1.82, 2.24) is 29.8 Å². The Morgan fingerprint density at radius 3 is 2.46 bits per heavy atom. The van der Waals surface area contributed by atoms with Crippen LogP contribution in [0.2, 0.25) is 0 Å². The zero-order chi connectivity index (χ0) is 33.8. The molecule has 3 aromatic rings. The molecule has 3 fully saturated rings. The molecule has 2 saturated heterocycles. The number of rotatable bonds is 9. The molecule has 2 aliphatic heterocycles. The Kier molecular flexibility index (Phi) is 7.90. The number of hydrogen-bond donors (Lipinski definition) is 1.